The summed E-state index contributed by atoms with van der Waals surface area (Å²) in [4.78, 5) is 14.1. The molecule has 0 aromatic carbocycles. The largest absolute Gasteiger partial charge is 0.381 e. The third-order valence-electron chi connectivity index (χ3n) is 3.56. The number of ether oxygens (including phenoxy) is 1. The number of aromatic nitrogens is 2. The zero-order valence-corrected chi connectivity index (χ0v) is 12.3. The lowest BCUT2D eigenvalue weighted by atomic mass is 10.1. The molecule has 1 aliphatic heterocycles. The number of urea groups is 1. The molecule has 2 rings (SSSR count). The van der Waals surface area contributed by atoms with Crippen LogP contribution in [0.2, 0.25) is 0 Å². The molecule has 2 amide bonds. The fourth-order valence-electron chi connectivity index (χ4n) is 2.43. The predicted molar refractivity (Wildman–Crippen MR) is 76.4 cm³/mol. The topological polar surface area (TPSA) is 59.4 Å². The van der Waals surface area contributed by atoms with Crippen molar-refractivity contribution in [1.29, 1.82) is 0 Å². The van der Waals surface area contributed by atoms with Gasteiger partial charge in [-0.25, -0.2) is 4.79 Å². The van der Waals surface area contributed by atoms with Crippen molar-refractivity contribution in [3.63, 3.8) is 0 Å². The Morgan fingerprint density at radius 1 is 1.65 bits per heavy atom. The van der Waals surface area contributed by atoms with Gasteiger partial charge >= 0.3 is 6.03 Å². The summed E-state index contributed by atoms with van der Waals surface area (Å²) >= 11 is 0. The zero-order chi connectivity index (χ0) is 14.4. The van der Waals surface area contributed by atoms with Crippen LogP contribution < -0.4 is 5.32 Å². The molecule has 6 heteroatoms. The van der Waals surface area contributed by atoms with Gasteiger partial charge in [-0.15, -0.1) is 0 Å². The minimum Gasteiger partial charge on any atom is -0.381 e. The van der Waals surface area contributed by atoms with E-state index < -0.39 is 0 Å². The van der Waals surface area contributed by atoms with Crippen LogP contribution in [0.5, 0.6) is 0 Å². The van der Waals surface area contributed by atoms with Crippen molar-refractivity contribution in [2.75, 3.05) is 26.3 Å². The first-order valence-electron chi connectivity index (χ1n) is 7.29. The van der Waals surface area contributed by atoms with Crippen molar-refractivity contribution >= 4 is 6.03 Å². The maximum absolute atomic E-state index is 12.2. The summed E-state index contributed by atoms with van der Waals surface area (Å²) in [5, 5.41) is 7.18. The molecule has 0 spiro atoms. The Morgan fingerprint density at radius 3 is 3.10 bits per heavy atom. The molecule has 2 heterocycles. The van der Waals surface area contributed by atoms with Gasteiger partial charge in [0.25, 0.3) is 0 Å². The zero-order valence-electron chi connectivity index (χ0n) is 12.3. The predicted octanol–water partition coefficient (Wildman–Crippen LogP) is 1.34. The van der Waals surface area contributed by atoms with Gasteiger partial charge in [0.1, 0.15) is 0 Å². The number of rotatable bonds is 6. The van der Waals surface area contributed by atoms with E-state index in [0.29, 0.717) is 12.5 Å². The summed E-state index contributed by atoms with van der Waals surface area (Å²) in [7, 11) is 0. The Morgan fingerprint density at radius 2 is 2.50 bits per heavy atom. The lowest BCUT2D eigenvalue weighted by Crippen LogP contribution is -2.46. The summed E-state index contributed by atoms with van der Waals surface area (Å²) in [5.41, 5.74) is 0. The van der Waals surface area contributed by atoms with E-state index in [2.05, 4.69) is 10.4 Å². The van der Waals surface area contributed by atoms with Crippen LogP contribution >= 0.6 is 0 Å². The molecular weight excluding hydrogens is 256 g/mol. The van der Waals surface area contributed by atoms with Gasteiger partial charge in [-0.1, -0.05) is 0 Å². The SMILES string of the molecule is CCN(C[C@H]1CCOC1)C(=O)N[C@H](C)Cn1cccn1. The van der Waals surface area contributed by atoms with Gasteiger partial charge in [0.2, 0.25) is 0 Å². The molecule has 0 saturated carbocycles. The first-order valence-corrected chi connectivity index (χ1v) is 7.29. The van der Waals surface area contributed by atoms with E-state index in [-0.39, 0.29) is 12.1 Å². The first kappa shape index (κ1) is 14.8. The minimum atomic E-state index is -0.000874. The summed E-state index contributed by atoms with van der Waals surface area (Å²) in [6.45, 7) is 7.77. The summed E-state index contributed by atoms with van der Waals surface area (Å²) < 4.78 is 7.19. The monoisotopic (exact) mass is 280 g/mol. The van der Waals surface area contributed by atoms with Gasteiger partial charge in [-0.05, 0) is 26.3 Å². The summed E-state index contributed by atoms with van der Waals surface area (Å²) in [6, 6.07) is 1.93. The fourth-order valence-corrected chi connectivity index (χ4v) is 2.43. The molecule has 0 unspecified atom stereocenters. The third-order valence-corrected chi connectivity index (χ3v) is 3.56. The molecule has 2 atom stereocenters. The van der Waals surface area contributed by atoms with Crippen LogP contribution in [0, 0.1) is 5.92 Å². The highest BCUT2D eigenvalue weighted by molar-refractivity contribution is 5.74. The van der Waals surface area contributed by atoms with Gasteiger partial charge in [-0.2, -0.15) is 5.10 Å². The molecule has 6 nitrogen and oxygen atoms in total. The molecule has 1 fully saturated rings. The summed E-state index contributed by atoms with van der Waals surface area (Å²) in [6.07, 6.45) is 4.69. The fraction of sp³-hybridized carbons (Fsp3) is 0.714. The van der Waals surface area contributed by atoms with Crippen LogP contribution in [-0.4, -0.2) is 53.1 Å². The van der Waals surface area contributed by atoms with E-state index >= 15 is 0 Å². The number of hydrogen-bond donors (Lipinski definition) is 1. The molecule has 1 aliphatic rings. The van der Waals surface area contributed by atoms with Gasteiger partial charge < -0.3 is 15.0 Å². The highest BCUT2D eigenvalue weighted by Gasteiger charge is 2.22. The van der Waals surface area contributed by atoms with Crippen LogP contribution in [0.25, 0.3) is 0 Å². The number of hydrogen-bond acceptors (Lipinski definition) is 3. The van der Waals surface area contributed by atoms with Gasteiger partial charge in [0, 0.05) is 44.0 Å². The molecule has 1 aromatic rings. The van der Waals surface area contributed by atoms with Gasteiger partial charge in [0.05, 0.1) is 13.2 Å². The summed E-state index contributed by atoms with van der Waals surface area (Å²) in [5.74, 6) is 0.474. The van der Waals surface area contributed by atoms with E-state index in [1.807, 2.05) is 35.7 Å². The molecule has 1 aromatic heterocycles. The van der Waals surface area contributed by atoms with Crippen molar-refractivity contribution in [2.24, 2.45) is 5.92 Å². The van der Waals surface area contributed by atoms with Crippen LogP contribution in [0.4, 0.5) is 4.79 Å². The maximum atomic E-state index is 12.2. The van der Waals surface area contributed by atoms with E-state index in [1.54, 1.807) is 6.20 Å². The number of amides is 2. The van der Waals surface area contributed by atoms with E-state index in [0.717, 1.165) is 32.7 Å². The minimum absolute atomic E-state index is 0.000874. The quantitative estimate of drug-likeness (QED) is 0.855. The van der Waals surface area contributed by atoms with Crippen LogP contribution in [0.1, 0.15) is 20.3 Å². The number of carbonyl (C=O) groups excluding carboxylic acids is 1. The molecule has 1 saturated heterocycles. The standard InChI is InChI=1S/C14H24N4O2/c1-3-17(10-13-5-8-20-11-13)14(19)16-12(2)9-18-7-4-6-15-18/h4,6-7,12-13H,3,5,8-11H2,1-2H3,(H,16,19)/t12-,13-/m1/s1. The number of nitrogens with zero attached hydrogens (tertiary/aromatic N) is 3. The smallest absolute Gasteiger partial charge is 0.317 e. The van der Waals surface area contributed by atoms with Crippen molar-refractivity contribution < 1.29 is 9.53 Å². The molecule has 20 heavy (non-hydrogen) atoms. The third kappa shape index (κ3) is 4.23. The van der Waals surface area contributed by atoms with E-state index in [9.17, 15) is 4.79 Å². The van der Waals surface area contributed by atoms with E-state index in [1.165, 1.54) is 0 Å². The van der Waals surface area contributed by atoms with Crippen LogP contribution in [-0.2, 0) is 11.3 Å². The lowest BCUT2D eigenvalue weighted by molar-refractivity contribution is 0.164. The van der Waals surface area contributed by atoms with Gasteiger partial charge in [-0.3, -0.25) is 4.68 Å². The Bertz CT molecular complexity index is 401. The Kier molecular flexibility index (Phi) is 5.40. The molecule has 0 aliphatic carbocycles. The van der Waals surface area contributed by atoms with Crippen LogP contribution in [0.3, 0.4) is 0 Å². The molecular formula is C14H24N4O2. The second kappa shape index (κ2) is 7.28. The second-order valence-corrected chi connectivity index (χ2v) is 5.35. The van der Waals surface area contributed by atoms with Crippen molar-refractivity contribution in [3.05, 3.63) is 18.5 Å². The van der Waals surface area contributed by atoms with Gasteiger partial charge in [0.15, 0.2) is 0 Å². The van der Waals surface area contributed by atoms with Crippen LogP contribution in [0.15, 0.2) is 18.5 Å². The van der Waals surface area contributed by atoms with Crippen molar-refractivity contribution in [2.45, 2.75) is 32.9 Å². The average Bonchev–Trinajstić information content (AvgIpc) is 3.08. The second-order valence-electron chi connectivity index (χ2n) is 5.35. The molecule has 1 N–H and O–H groups in total. The lowest BCUT2D eigenvalue weighted by Gasteiger charge is -2.26. The van der Waals surface area contributed by atoms with Crippen molar-refractivity contribution in [1.82, 2.24) is 20.0 Å². The molecule has 112 valence electrons. The van der Waals surface area contributed by atoms with Crippen molar-refractivity contribution in [3.8, 4) is 0 Å². The molecule has 0 radical (unpaired) electrons. The van der Waals surface area contributed by atoms with E-state index in [4.69, 9.17) is 4.74 Å². The number of carbonyl (C=O) groups is 1. The average molecular weight is 280 g/mol. The normalized spacial score (nSPS) is 19.8. The highest BCUT2D eigenvalue weighted by Crippen LogP contribution is 2.13. The Hall–Kier alpha value is -1.56. The maximum Gasteiger partial charge on any atom is 0.317 e. The number of nitrogens with one attached hydrogen (secondary N) is 1. The first-order chi connectivity index (χ1) is 9.69. The Labute approximate surface area is 120 Å². The molecule has 0 bridgehead atoms. The Balaban J connectivity index is 1.78. The highest BCUT2D eigenvalue weighted by atomic mass is 16.5.